The van der Waals surface area contributed by atoms with E-state index in [1.807, 2.05) is 57.2 Å². The molecule has 1 heterocycles. The van der Waals surface area contributed by atoms with E-state index in [1.165, 1.54) is 0 Å². The van der Waals surface area contributed by atoms with Crippen molar-refractivity contribution >= 4 is 15.7 Å². The van der Waals surface area contributed by atoms with Crippen LogP contribution in [0.2, 0.25) is 0 Å². The summed E-state index contributed by atoms with van der Waals surface area (Å²) in [4.78, 5) is 2.61. The molecule has 0 aromatic heterocycles. The Balaban J connectivity index is 1.77. The SMILES string of the molecule is CCOc1ccccc1N1CCN(S(=O)(=O)c2cc(C)ccc2C)CC1. The number of piperazine rings is 1. The van der Waals surface area contributed by atoms with E-state index in [1.54, 1.807) is 10.4 Å². The molecule has 0 spiro atoms. The second-order valence-corrected chi connectivity index (χ2v) is 8.47. The van der Waals surface area contributed by atoms with Crippen LogP contribution >= 0.6 is 0 Å². The molecule has 1 fully saturated rings. The summed E-state index contributed by atoms with van der Waals surface area (Å²) in [5, 5.41) is 0. The summed E-state index contributed by atoms with van der Waals surface area (Å²) in [5.41, 5.74) is 2.77. The summed E-state index contributed by atoms with van der Waals surface area (Å²) < 4.78 is 33.4. The minimum atomic E-state index is -3.47. The van der Waals surface area contributed by atoms with Crippen LogP contribution in [0, 0.1) is 13.8 Å². The van der Waals surface area contributed by atoms with Gasteiger partial charge in [0.1, 0.15) is 5.75 Å². The van der Waals surface area contributed by atoms with Gasteiger partial charge in [0.15, 0.2) is 0 Å². The standard InChI is InChI=1S/C20H26N2O3S/c1-4-25-19-8-6-5-7-18(19)21-11-13-22(14-12-21)26(23,24)20-15-16(2)9-10-17(20)3/h5-10,15H,4,11-14H2,1-3H3. The molecule has 0 amide bonds. The number of sulfonamides is 1. The molecule has 0 radical (unpaired) electrons. The van der Waals surface area contributed by atoms with E-state index in [-0.39, 0.29) is 0 Å². The third kappa shape index (κ3) is 3.71. The summed E-state index contributed by atoms with van der Waals surface area (Å²) in [6, 6.07) is 13.5. The van der Waals surface area contributed by atoms with Gasteiger partial charge in [0.05, 0.1) is 17.2 Å². The highest BCUT2D eigenvalue weighted by Gasteiger charge is 2.30. The lowest BCUT2D eigenvalue weighted by atomic mass is 10.2. The molecule has 5 nitrogen and oxygen atoms in total. The Morgan fingerprint density at radius 3 is 2.38 bits per heavy atom. The number of benzene rings is 2. The second kappa shape index (κ2) is 7.68. The minimum Gasteiger partial charge on any atom is -0.492 e. The smallest absolute Gasteiger partial charge is 0.243 e. The molecule has 0 N–H and O–H groups in total. The number of ether oxygens (including phenoxy) is 1. The molecule has 1 aliphatic rings. The average Bonchev–Trinajstić information content (AvgIpc) is 2.64. The Morgan fingerprint density at radius 2 is 1.69 bits per heavy atom. The Bertz CT molecular complexity index is 872. The lowest BCUT2D eigenvalue weighted by Crippen LogP contribution is -2.48. The first-order valence-electron chi connectivity index (χ1n) is 8.97. The highest BCUT2D eigenvalue weighted by Crippen LogP contribution is 2.30. The molecule has 0 bridgehead atoms. The number of rotatable bonds is 5. The molecule has 6 heteroatoms. The number of hydrogen-bond acceptors (Lipinski definition) is 4. The maximum atomic E-state index is 13.1. The first-order chi connectivity index (χ1) is 12.4. The summed E-state index contributed by atoms with van der Waals surface area (Å²) in [5.74, 6) is 0.848. The predicted octanol–water partition coefficient (Wildman–Crippen LogP) is 3.21. The monoisotopic (exact) mass is 374 g/mol. The van der Waals surface area contributed by atoms with Gasteiger partial charge in [0.25, 0.3) is 0 Å². The molecular formula is C20H26N2O3S. The lowest BCUT2D eigenvalue weighted by molar-refractivity contribution is 0.337. The number of nitrogens with zero attached hydrogens (tertiary/aromatic N) is 2. The minimum absolute atomic E-state index is 0.417. The van der Waals surface area contributed by atoms with Crippen LogP contribution in [0.5, 0.6) is 5.75 Å². The van der Waals surface area contributed by atoms with E-state index in [0.29, 0.717) is 37.7 Å². The van der Waals surface area contributed by atoms with Gasteiger partial charge in [-0.25, -0.2) is 8.42 Å². The zero-order valence-electron chi connectivity index (χ0n) is 15.6. The Kier molecular flexibility index (Phi) is 5.53. The number of hydrogen-bond donors (Lipinski definition) is 0. The molecular weight excluding hydrogens is 348 g/mol. The van der Waals surface area contributed by atoms with Crippen molar-refractivity contribution in [2.45, 2.75) is 25.7 Å². The molecule has 0 aliphatic carbocycles. The topological polar surface area (TPSA) is 49.9 Å². The van der Waals surface area contributed by atoms with E-state index in [0.717, 1.165) is 22.6 Å². The zero-order chi connectivity index (χ0) is 18.7. The van der Waals surface area contributed by atoms with E-state index >= 15 is 0 Å². The normalized spacial score (nSPS) is 15.9. The molecule has 26 heavy (non-hydrogen) atoms. The van der Waals surface area contributed by atoms with Gasteiger partial charge in [-0.1, -0.05) is 24.3 Å². The summed E-state index contributed by atoms with van der Waals surface area (Å²) >= 11 is 0. The van der Waals surface area contributed by atoms with E-state index in [9.17, 15) is 8.42 Å². The van der Waals surface area contributed by atoms with Gasteiger partial charge in [-0.2, -0.15) is 4.31 Å². The second-order valence-electron chi connectivity index (χ2n) is 6.56. The van der Waals surface area contributed by atoms with E-state index in [2.05, 4.69) is 4.90 Å². The third-order valence-electron chi connectivity index (χ3n) is 4.71. The van der Waals surface area contributed by atoms with Crippen molar-refractivity contribution in [2.75, 3.05) is 37.7 Å². The quantitative estimate of drug-likeness (QED) is 0.806. The van der Waals surface area contributed by atoms with Crippen molar-refractivity contribution in [3.8, 4) is 5.75 Å². The van der Waals surface area contributed by atoms with Gasteiger partial charge in [-0.15, -0.1) is 0 Å². The van der Waals surface area contributed by atoms with Gasteiger partial charge in [-0.05, 0) is 50.1 Å². The van der Waals surface area contributed by atoms with Crippen molar-refractivity contribution < 1.29 is 13.2 Å². The third-order valence-corrected chi connectivity index (χ3v) is 6.75. The molecule has 0 atom stereocenters. The van der Waals surface area contributed by atoms with E-state index < -0.39 is 10.0 Å². The number of aryl methyl sites for hydroxylation is 2. The van der Waals surface area contributed by atoms with Gasteiger partial charge in [-0.3, -0.25) is 0 Å². The molecule has 2 aromatic rings. The fraction of sp³-hybridized carbons (Fsp3) is 0.400. The van der Waals surface area contributed by atoms with E-state index in [4.69, 9.17) is 4.74 Å². The first-order valence-corrected chi connectivity index (χ1v) is 10.4. The summed E-state index contributed by atoms with van der Waals surface area (Å²) in [6.07, 6.45) is 0. The van der Waals surface area contributed by atoms with Crippen molar-refractivity contribution in [2.24, 2.45) is 0 Å². The largest absolute Gasteiger partial charge is 0.492 e. The van der Waals surface area contributed by atoms with Crippen LogP contribution in [0.15, 0.2) is 47.4 Å². The van der Waals surface area contributed by atoms with Crippen LogP contribution in [0.3, 0.4) is 0 Å². The Labute approximate surface area is 156 Å². The van der Waals surface area contributed by atoms with Crippen LogP contribution in [-0.4, -0.2) is 45.5 Å². The van der Waals surface area contributed by atoms with Crippen LogP contribution in [0.1, 0.15) is 18.1 Å². The molecule has 140 valence electrons. The summed E-state index contributed by atoms with van der Waals surface area (Å²) in [6.45, 7) is 8.57. The maximum Gasteiger partial charge on any atom is 0.243 e. The number of anilines is 1. The van der Waals surface area contributed by atoms with Gasteiger partial charge in [0.2, 0.25) is 10.0 Å². The lowest BCUT2D eigenvalue weighted by Gasteiger charge is -2.36. The van der Waals surface area contributed by atoms with Crippen molar-refractivity contribution in [1.29, 1.82) is 0 Å². The van der Waals surface area contributed by atoms with Crippen molar-refractivity contribution in [3.05, 3.63) is 53.6 Å². The van der Waals surface area contributed by atoms with Crippen LogP contribution in [0.4, 0.5) is 5.69 Å². The number of para-hydroxylation sites is 2. The highest BCUT2D eigenvalue weighted by molar-refractivity contribution is 7.89. The Hall–Kier alpha value is -2.05. The Morgan fingerprint density at radius 1 is 1.00 bits per heavy atom. The highest BCUT2D eigenvalue weighted by atomic mass is 32.2. The first kappa shape index (κ1) is 18.7. The molecule has 0 unspecified atom stereocenters. The fourth-order valence-corrected chi connectivity index (χ4v) is 5.02. The molecule has 1 aliphatic heterocycles. The van der Waals surface area contributed by atoms with Gasteiger partial charge < -0.3 is 9.64 Å². The summed E-state index contributed by atoms with van der Waals surface area (Å²) in [7, 11) is -3.47. The van der Waals surface area contributed by atoms with Crippen LogP contribution in [0.25, 0.3) is 0 Å². The van der Waals surface area contributed by atoms with Crippen LogP contribution < -0.4 is 9.64 Å². The van der Waals surface area contributed by atoms with Crippen LogP contribution in [-0.2, 0) is 10.0 Å². The predicted molar refractivity (Wildman–Crippen MR) is 104 cm³/mol. The van der Waals surface area contributed by atoms with Gasteiger partial charge in [0, 0.05) is 26.2 Å². The maximum absolute atomic E-state index is 13.1. The molecule has 0 saturated carbocycles. The molecule has 3 rings (SSSR count). The fourth-order valence-electron chi connectivity index (χ4n) is 3.29. The molecule has 1 saturated heterocycles. The zero-order valence-corrected chi connectivity index (χ0v) is 16.4. The van der Waals surface area contributed by atoms with Crippen molar-refractivity contribution in [3.63, 3.8) is 0 Å². The van der Waals surface area contributed by atoms with Crippen molar-refractivity contribution in [1.82, 2.24) is 4.31 Å². The van der Waals surface area contributed by atoms with Gasteiger partial charge >= 0.3 is 0 Å². The average molecular weight is 375 g/mol. The molecule has 2 aromatic carbocycles.